The SMILES string of the molecule is CC1C(=O)N(c2ccccc2-c2ccccc2)CCN1C(=O)c1ccc(Cl)c(Cl)c1. The first-order chi connectivity index (χ1) is 14.5. The lowest BCUT2D eigenvalue weighted by molar-refractivity contribution is -0.124. The van der Waals surface area contributed by atoms with Gasteiger partial charge in [0.25, 0.3) is 5.91 Å². The molecule has 0 spiro atoms. The van der Waals surface area contributed by atoms with Crippen molar-refractivity contribution in [1.82, 2.24) is 4.90 Å². The van der Waals surface area contributed by atoms with E-state index < -0.39 is 6.04 Å². The largest absolute Gasteiger partial charge is 0.325 e. The van der Waals surface area contributed by atoms with Gasteiger partial charge in [-0.15, -0.1) is 0 Å². The van der Waals surface area contributed by atoms with E-state index in [1.807, 2.05) is 54.6 Å². The van der Waals surface area contributed by atoms with Crippen LogP contribution in [0.25, 0.3) is 11.1 Å². The van der Waals surface area contributed by atoms with Gasteiger partial charge in [-0.2, -0.15) is 0 Å². The van der Waals surface area contributed by atoms with Gasteiger partial charge in [-0.05, 0) is 36.8 Å². The van der Waals surface area contributed by atoms with Gasteiger partial charge >= 0.3 is 0 Å². The summed E-state index contributed by atoms with van der Waals surface area (Å²) in [6.07, 6.45) is 0. The molecule has 30 heavy (non-hydrogen) atoms. The zero-order valence-corrected chi connectivity index (χ0v) is 17.9. The predicted octanol–water partition coefficient (Wildman–Crippen LogP) is 5.54. The number of piperazine rings is 1. The zero-order valence-electron chi connectivity index (χ0n) is 16.4. The van der Waals surface area contributed by atoms with Crippen LogP contribution in [0.1, 0.15) is 17.3 Å². The standard InChI is InChI=1S/C24H20Cl2N2O2/c1-16-23(29)28(22-10-6-5-9-19(22)17-7-3-2-4-8-17)14-13-27(16)24(30)18-11-12-20(25)21(26)15-18/h2-12,15-16H,13-14H2,1H3. The molecule has 4 nitrogen and oxygen atoms in total. The van der Waals surface area contributed by atoms with Crippen LogP contribution in [0.3, 0.4) is 0 Å². The maximum atomic E-state index is 13.3. The van der Waals surface area contributed by atoms with E-state index in [0.29, 0.717) is 28.7 Å². The molecule has 0 saturated carbocycles. The molecular weight excluding hydrogens is 419 g/mol. The zero-order chi connectivity index (χ0) is 21.3. The molecular formula is C24H20Cl2N2O2. The number of halogens is 2. The van der Waals surface area contributed by atoms with E-state index in [4.69, 9.17) is 23.2 Å². The number of rotatable bonds is 3. The van der Waals surface area contributed by atoms with Gasteiger partial charge in [0.05, 0.1) is 15.7 Å². The minimum atomic E-state index is -0.593. The maximum absolute atomic E-state index is 13.3. The number of anilines is 1. The van der Waals surface area contributed by atoms with E-state index in [0.717, 1.165) is 16.8 Å². The van der Waals surface area contributed by atoms with Crippen molar-refractivity contribution >= 4 is 40.7 Å². The van der Waals surface area contributed by atoms with Crippen LogP contribution in [0, 0.1) is 0 Å². The monoisotopic (exact) mass is 438 g/mol. The summed E-state index contributed by atoms with van der Waals surface area (Å²) in [6, 6.07) is 22.0. The lowest BCUT2D eigenvalue weighted by atomic mass is 10.0. The van der Waals surface area contributed by atoms with Gasteiger partial charge in [-0.1, -0.05) is 71.7 Å². The Labute approximate surface area is 185 Å². The van der Waals surface area contributed by atoms with Crippen LogP contribution in [-0.4, -0.2) is 35.8 Å². The molecule has 1 atom stereocenters. The van der Waals surface area contributed by atoms with E-state index in [1.54, 1.807) is 34.9 Å². The molecule has 6 heteroatoms. The second-order valence-electron chi connectivity index (χ2n) is 7.18. The van der Waals surface area contributed by atoms with Gasteiger partial charge in [-0.3, -0.25) is 9.59 Å². The summed E-state index contributed by atoms with van der Waals surface area (Å²) in [6.45, 7) is 2.60. The molecule has 1 heterocycles. The molecule has 4 rings (SSSR count). The third-order valence-corrected chi connectivity index (χ3v) is 6.10. The number of para-hydroxylation sites is 1. The first-order valence-electron chi connectivity index (χ1n) is 9.69. The van der Waals surface area contributed by atoms with Gasteiger partial charge in [0, 0.05) is 24.2 Å². The molecule has 1 aliphatic heterocycles. The molecule has 0 aromatic heterocycles. The van der Waals surface area contributed by atoms with Crippen molar-refractivity contribution in [2.75, 3.05) is 18.0 Å². The van der Waals surface area contributed by atoms with Crippen molar-refractivity contribution in [1.29, 1.82) is 0 Å². The third-order valence-electron chi connectivity index (χ3n) is 5.36. The lowest BCUT2D eigenvalue weighted by Crippen LogP contribution is -2.57. The van der Waals surface area contributed by atoms with Crippen molar-refractivity contribution in [2.24, 2.45) is 0 Å². The second-order valence-corrected chi connectivity index (χ2v) is 7.99. The summed E-state index contributed by atoms with van der Waals surface area (Å²) in [5.74, 6) is -0.344. The average Bonchev–Trinajstić information content (AvgIpc) is 2.78. The summed E-state index contributed by atoms with van der Waals surface area (Å²) >= 11 is 12.0. The van der Waals surface area contributed by atoms with Crippen molar-refractivity contribution in [3.63, 3.8) is 0 Å². The van der Waals surface area contributed by atoms with Crippen molar-refractivity contribution in [3.8, 4) is 11.1 Å². The van der Waals surface area contributed by atoms with Gasteiger partial charge < -0.3 is 9.80 Å². The summed E-state index contributed by atoms with van der Waals surface area (Å²) in [5, 5.41) is 0.705. The number of amides is 2. The number of carbonyl (C=O) groups is 2. The summed E-state index contributed by atoms with van der Waals surface area (Å²) < 4.78 is 0. The van der Waals surface area contributed by atoms with Crippen LogP contribution in [0.4, 0.5) is 5.69 Å². The number of nitrogens with zero attached hydrogens (tertiary/aromatic N) is 2. The molecule has 0 aliphatic carbocycles. The second kappa shape index (κ2) is 8.50. The highest BCUT2D eigenvalue weighted by Crippen LogP contribution is 2.33. The molecule has 152 valence electrons. The molecule has 2 amide bonds. The highest BCUT2D eigenvalue weighted by molar-refractivity contribution is 6.42. The van der Waals surface area contributed by atoms with E-state index >= 15 is 0 Å². The average molecular weight is 439 g/mol. The molecule has 1 saturated heterocycles. The molecule has 0 radical (unpaired) electrons. The molecule has 3 aromatic carbocycles. The molecule has 1 unspecified atom stereocenters. The Kier molecular flexibility index (Phi) is 5.80. The van der Waals surface area contributed by atoms with Gasteiger partial charge in [0.15, 0.2) is 0 Å². The van der Waals surface area contributed by atoms with Crippen molar-refractivity contribution < 1.29 is 9.59 Å². The van der Waals surface area contributed by atoms with E-state index in [2.05, 4.69) is 0 Å². The van der Waals surface area contributed by atoms with Crippen LogP contribution >= 0.6 is 23.2 Å². The first kappa shape index (κ1) is 20.5. The van der Waals surface area contributed by atoms with Gasteiger partial charge in [0.2, 0.25) is 5.91 Å². The van der Waals surface area contributed by atoms with Crippen LogP contribution in [0.15, 0.2) is 72.8 Å². The van der Waals surface area contributed by atoms with Gasteiger partial charge in [0.1, 0.15) is 6.04 Å². The molecule has 3 aromatic rings. The van der Waals surface area contributed by atoms with Crippen LogP contribution in [-0.2, 0) is 4.79 Å². The quantitative estimate of drug-likeness (QED) is 0.538. The third kappa shape index (κ3) is 3.81. The highest BCUT2D eigenvalue weighted by Gasteiger charge is 2.36. The predicted molar refractivity (Wildman–Crippen MR) is 121 cm³/mol. The number of carbonyl (C=O) groups excluding carboxylic acids is 2. The van der Waals surface area contributed by atoms with Crippen molar-refractivity contribution in [3.05, 3.63) is 88.4 Å². The summed E-state index contributed by atoms with van der Waals surface area (Å²) in [5.41, 5.74) is 3.30. The topological polar surface area (TPSA) is 40.6 Å². The Hall–Kier alpha value is -2.82. The Bertz CT molecular complexity index is 1100. The molecule has 0 N–H and O–H groups in total. The number of benzene rings is 3. The smallest absolute Gasteiger partial charge is 0.254 e. The van der Waals surface area contributed by atoms with E-state index in [1.165, 1.54) is 0 Å². The van der Waals surface area contributed by atoms with Gasteiger partial charge in [-0.25, -0.2) is 0 Å². The summed E-state index contributed by atoms with van der Waals surface area (Å²) in [4.78, 5) is 29.6. The first-order valence-corrected chi connectivity index (χ1v) is 10.4. The Morgan fingerprint density at radius 2 is 1.60 bits per heavy atom. The number of hydrogen-bond donors (Lipinski definition) is 0. The Balaban J connectivity index is 1.61. The van der Waals surface area contributed by atoms with E-state index in [9.17, 15) is 9.59 Å². The minimum absolute atomic E-state index is 0.113. The lowest BCUT2D eigenvalue weighted by Gasteiger charge is -2.39. The van der Waals surface area contributed by atoms with Crippen molar-refractivity contribution in [2.45, 2.75) is 13.0 Å². The molecule has 1 fully saturated rings. The number of hydrogen-bond acceptors (Lipinski definition) is 2. The fourth-order valence-corrected chi connectivity index (χ4v) is 4.05. The molecule has 1 aliphatic rings. The fraction of sp³-hybridized carbons (Fsp3) is 0.167. The van der Waals surface area contributed by atoms with Crippen LogP contribution in [0.5, 0.6) is 0 Å². The normalized spacial score (nSPS) is 16.6. The summed E-state index contributed by atoms with van der Waals surface area (Å²) in [7, 11) is 0. The van der Waals surface area contributed by atoms with E-state index in [-0.39, 0.29) is 11.8 Å². The fourth-order valence-electron chi connectivity index (χ4n) is 3.75. The molecule has 0 bridgehead atoms. The Morgan fingerprint density at radius 1 is 0.900 bits per heavy atom. The van der Waals surface area contributed by atoms with Crippen LogP contribution < -0.4 is 4.90 Å². The minimum Gasteiger partial charge on any atom is -0.325 e. The highest BCUT2D eigenvalue weighted by atomic mass is 35.5. The maximum Gasteiger partial charge on any atom is 0.254 e. The Morgan fingerprint density at radius 3 is 2.33 bits per heavy atom. The van der Waals surface area contributed by atoms with Crippen LogP contribution in [0.2, 0.25) is 10.0 Å².